The van der Waals surface area contributed by atoms with Gasteiger partial charge in [-0.25, -0.2) is 0 Å². The highest BCUT2D eigenvalue weighted by molar-refractivity contribution is 7.52. The molecule has 0 unspecified atom stereocenters. The molecule has 6 nitrogen and oxygen atoms in total. The van der Waals surface area contributed by atoms with Crippen LogP contribution in [0.15, 0.2) is 10.9 Å². The van der Waals surface area contributed by atoms with Crippen molar-refractivity contribution >= 4 is 7.60 Å². The van der Waals surface area contributed by atoms with E-state index in [0.717, 1.165) is 0 Å². The van der Waals surface area contributed by atoms with Crippen molar-refractivity contribution in [1.29, 1.82) is 0 Å². The molecule has 14 heavy (non-hydrogen) atoms. The Hall–Kier alpha value is -0.710. The van der Waals surface area contributed by atoms with E-state index in [4.69, 9.17) is 9.05 Å². The molecule has 0 amide bonds. The molecule has 0 radical (unpaired) electrons. The van der Waals surface area contributed by atoms with E-state index in [0.29, 0.717) is 19.0 Å². The van der Waals surface area contributed by atoms with Gasteiger partial charge in [-0.2, -0.15) is 4.98 Å². The fourth-order valence-electron chi connectivity index (χ4n) is 0.957. The lowest BCUT2D eigenvalue weighted by atomic mass is 10.7. The van der Waals surface area contributed by atoms with E-state index < -0.39 is 7.60 Å². The average molecular weight is 220 g/mol. The zero-order valence-corrected chi connectivity index (χ0v) is 9.07. The molecule has 7 heteroatoms. The van der Waals surface area contributed by atoms with E-state index in [1.165, 1.54) is 6.39 Å². The fraction of sp³-hybridized carbons (Fsp3) is 0.714. The van der Waals surface area contributed by atoms with Gasteiger partial charge >= 0.3 is 7.60 Å². The minimum absolute atomic E-state index is 0.0468. The van der Waals surface area contributed by atoms with Crippen LogP contribution in [-0.4, -0.2) is 23.4 Å². The molecule has 0 atom stereocenters. The van der Waals surface area contributed by atoms with Crippen molar-refractivity contribution in [3.05, 3.63) is 12.2 Å². The topological polar surface area (TPSA) is 74.5 Å². The molecule has 1 aromatic rings. The van der Waals surface area contributed by atoms with Crippen LogP contribution < -0.4 is 0 Å². The molecule has 0 aliphatic carbocycles. The third-order valence-corrected chi connectivity index (χ3v) is 3.37. The van der Waals surface area contributed by atoms with Gasteiger partial charge in [-0.3, -0.25) is 4.57 Å². The Morgan fingerprint density at radius 1 is 1.43 bits per heavy atom. The lowest BCUT2D eigenvalue weighted by Crippen LogP contribution is -2.00. The summed E-state index contributed by atoms with van der Waals surface area (Å²) >= 11 is 0. The van der Waals surface area contributed by atoms with Crippen molar-refractivity contribution in [3.63, 3.8) is 0 Å². The highest BCUT2D eigenvalue weighted by Gasteiger charge is 2.26. The van der Waals surface area contributed by atoms with Gasteiger partial charge in [0.2, 0.25) is 6.39 Å². The number of aromatic nitrogens is 2. The van der Waals surface area contributed by atoms with Crippen LogP contribution >= 0.6 is 7.60 Å². The molecule has 0 bridgehead atoms. The second kappa shape index (κ2) is 5.24. The van der Waals surface area contributed by atoms with Gasteiger partial charge in [0.15, 0.2) is 5.82 Å². The van der Waals surface area contributed by atoms with Crippen LogP contribution in [0.4, 0.5) is 0 Å². The Labute approximate surface area is 82.1 Å². The average Bonchev–Trinajstić information content (AvgIpc) is 2.57. The van der Waals surface area contributed by atoms with Crippen molar-refractivity contribution in [1.82, 2.24) is 10.1 Å². The van der Waals surface area contributed by atoms with Gasteiger partial charge in [0, 0.05) is 0 Å². The zero-order chi connectivity index (χ0) is 10.4. The molecule has 0 spiro atoms. The number of hydrogen-bond acceptors (Lipinski definition) is 6. The Balaban J connectivity index is 2.64. The Morgan fingerprint density at radius 2 is 2.07 bits per heavy atom. The van der Waals surface area contributed by atoms with E-state index in [9.17, 15) is 4.57 Å². The molecule has 0 saturated carbocycles. The molecule has 0 aromatic carbocycles. The third-order valence-electron chi connectivity index (χ3n) is 1.39. The predicted octanol–water partition coefficient (Wildman–Crippen LogP) is 1.84. The van der Waals surface area contributed by atoms with Crippen LogP contribution in [0, 0.1) is 0 Å². The van der Waals surface area contributed by atoms with E-state index in [2.05, 4.69) is 14.7 Å². The standard InChI is InChI=1S/C7H13N2O4P/c1-3-12-14(10,13-4-2)5-7-8-6-11-9-7/h6H,3-5H2,1-2H3. The zero-order valence-electron chi connectivity index (χ0n) is 8.17. The predicted molar refractivity (Wildman–Crippen MR) is 48.9 cm³/mol. The highest BCUT2D eigenvalue weighted by Crippen LogP contribution is 2.50. The van der Waals surface area contributed by atoms with Crippen molar-refractivity contribution in [3.8, 4) is 0 Å². The smallest absolute Gasteiger partial charge is 0.338 e. The summed E-state index contributed by atoms with van der Waals surface area (Å²) in [5.74, 6) is 0.329. The van der Waals surface area contributed by atoms with Crippen LogP contribution in [-0.2, 0) is 19.8 Å². The van der Waals surface area contributed by atoms with Gasteiger partial charge in [-0.15, -0.1) is 0 Å². The normalized spacial score (nSPS) is 11.9. The van der Waals surface area contributed by atoms with E-state index in [1.807, 2.05) is 0 Å². The third kappa shape index (κ3) is 3.21. The molecule has 1 heterocycles. The number of rotatable bonds is 6. The van der Waals surface area contributed by atoms with Crippen LogP contribution in [0.2, 0.25) is 0 Å². The quantitative estimate of drug-likeness (QED) is 0.681. The van der Waals surface area contributed by atoms with E-state index in [1.54, 1.807) is 13.8 Å². The lowest BCUT2D eigenvalue weighted by Gasteiger charge is -2.14. The molecule has 0 fully saturated rings. The number of hydrogen-bond donors (Lipinski definition) is 0. The first-order valence-electron chi connectivity index (χ1n) is 4.33. The Bertz CT molecular complexity index is 291. The van der Waals surface area contributed by atoms with Crippen molar-refractivity contribution in [2.75, 3.05) is 13.2 Å². The summed E-state index contributed by atoms with van der Waals surface area (Å²) in [7, 11) is -3.09. The fourth-order valence-corrected chi connectivity index (χ4v) is 2.49. The molecule has 80 valence electrons. The van der Waals surface area contributed by atoms with E-state index >= 15 is 0 Å². The molecule has 0 saturated heterocycles. The Morgan fingerprint density at radius 3 is 2.50 bits per heavy atom. The maximum atomic E-state index is 11.9. The van der Waals surface area contributed by atoms with Gasteiger partial charge in [0.1, 0.15) is 6.16 Å². The summed E-state index contributed by atoms with van der Waals surface area (Å²) < 4.78 is 26.5. The summed E-state index contributed by atoms with van der Waals surface area (Å²) in [6.45, 7) is 4.16. The van der Waals surface area contributed by atoms with Gasteiger partial charge in [0.25, 0.3) is 0 Å². The van der Waals surface area contributed by atoms with Gasteiger partial charge < -0.3 is 13.6 Å². The van der Waals surface area contributed by atoms with Gasteiger partial charge in [-0.1, -0.05) is 5.16 Å². The molecule has 1 aromatic heterocycles. The minimum atomic E-state index is -3.09. The van der Waals surface area contributed by atoms with Crippen LogP contribution in [0.5, 0.6) is 0 Å². The molecule has 1 rings (SSSR count). The van der Waals surface area contributed by atoms with Crippen LogP contribution in [0.1, 0.15) is 19.7 Å². The maximum Gasteiger partial charge on any atom is 0.338 e. The SMILES string of the molecule is CCOP(=O)(Cc1ncon1)OCC. The monoisotopic (exact) mass is 220 g/mol. The van der Waals surface area contributed by atoms with Gasteiger partial charge in [-0.05, 0) is 13.8 Å². The van der Waals surface area contributed by atoms with Crippen molar-refractivity contribution in [2.24, 2.45) is 0 Å². The van der Waals surface area contributed by atoms with Crippen molar-refractivity contribution in [2.45, 2.75) is 20.0 Å². The van der Waals surface area contributed by atoms with Crippen molar-refractivity contribution < 1.29 is 18.1 Å². The summed E-state index contributed by atoms with van der Waals surface area (Å²) in [4.78, 5) is 3.76. The molecular weight excluding hydrogens is 207 g/mol. The molecular formula is C7H13N2O4P. The van der Waals surface area contributed by atoms with Gasteiger partial charge in [0.05, 0.1) is 13.2 Å². The van der Waals surface area contributed by atoms with E-state index in [-0.39, 0.29) is 6.16 Å². The summed E-state index contributed by atoms with van der Waals surface area (Å²) in [5, 5.41) is 3.55. The summed E-state index contributed by atoms with van der Waals surface area (Å²) in [6.07, 6.45) is 1.22. The summed E-state index contributed by atoms with van der Waals surface area (Å²) in [5.41, 5.74) is 0. The second-order valence-electron chi connectivity index (χ2n) is 2.45. The maximum absolute atomic E-state index is 11.9. The second-order valence-corrected chi connectivity index (χ2v) is 4.51. The van der Waals surface area contributed by atoms with Crippen LogP contribution in [0.25, 0.3) is 0 Å². The largest absolute Gasteiger partial charge is 0.343 e. The number of nitrogens with zero attached hydrogens (tertiary/aromatic N) is 2. The van der Waals surface area contributed by atoms with Crippen LogP contribution in [0.3, 0.4) is 0 Å². The first kappa shape index (κ1) is 11.4. The molecule has 0 aliphatic heterocycles. The minimum Gasteiger partial charge on any atom is -0.343 e. The lowest BCUT2D eigenvalue weighted by molar-refractivity contribution is 0.218. The molecule has 0 aliphatic rings. The Kier molecular flexibility index (Phi) is 4.25. The first-order chi connectivity index (χ1) is 6.70. The molecule has 0 N–H and O–H groups in total. The highest BCUT2D eigenvalue weighted by atomic mass is 31.2. The first-order valence-corrected chi connectivity index (χ1v) is 6.06. The summed E-state index contributed by atoms with van der Waals surface area (Å²) in [6, 6.07) is 0.